The Labute approximate surface area is 283 Å². The predicted molar refractivity (Wildman–Crippen MR) is 184 cm³/mol. The van der Waals surface area contributed by atoms with Crippen LogP contribution in [-0.4, -0.2) is 44.3 Å². The summed E-state index contributed by atoms with van der Waals surface area (Å²) in [5.41, 5.74) is 1.57. The molecule has 0 aliphatic carbocycles. The molecule has 45 heavy (non-hydrogen) atoms. The molecule has 0 aliphatic rings. The second-order valence-corrected chi connectivity index (χ2v) is 14.0. The molecule has 0 bridgehead atoms. The summed E-state index contributed by atoms with van der Waals surface area (Å²) in [4.78, 5) is 29.8. The summed E-state index contributed by atoms with van der Waals surface area (Å²) < 4.78 is 29.9. The van der Waals surface area contributed by atoms with E-state index < -0.39 is 28.5 Å². The zero-order valence-electron chi connectivity index (χ0n) is 24.7. The molecule has 0 saturated heterocycles. The Bertz CT molecular complexity index is 1670. The number of hydrogen-bond acceptors (Lipinski definition) is 4. The van der Waals surface area contributed by atoms with Gasteiger partial charge in [-0.15, -0.1) is 0 Å². The zero-order chi connectivity index (χ0) is 32.4. The minimum absolute atomic E-state index is 0.0274. The summed E-state index contributed by atoms with van der Waals surface area (Å²) in [5.74, 6) is -0.954. The molecule has 0 heterocycles. The van der Waals surface area contributed by atoms with E-state index in [4.69, 9.17) is 23.2 Å². The maximum absolute atomic E-state index is 14.5. The number of rotatable bonds is 14. The van der Waals surface area contributed by atoms with Gasteiger partial charge in [-0.1, -0.05) is 107 Å². The van der Waals surface area contributed by atoms with Crippen LogP contribution in [0.4, 0.5) is 5.69 Å². The molecular formula is C34H34BrCl2N3O4S. The quantitative estimate of drug-likeness (QED) is 0.136. The molecule has 0 aliphatic heterocycles. The fourth-order valence-electron chi connectivity index (χ4n) is 4.77. The minimum Gasteiger partial charge on any atom is -0.354 e. The van der Waals surface area contributed by atoms with Crippen LogP contribution >= 0.6 is 39.1 Å². The molecule has 11 heteroatoms. The standard InChI is InChI=1S/C34H34BrCl2N3O4S/c1-2-3-21-38-34(42)32(22-25-11-6-4-7-12-25)39(23-29-30(36)15-10-16-31(29)37)33(41)24-40(27-19-17-26(35)18-20-27)45(43,44)28-13-8-5-9-14-28/h4-20,32H,2-3,21-24H2,1H3,(H,38,42)/t32-/m0/s1. The zero-order valence-corrected chi connectivity index (χ0v) is 28.6. The lowest BCUT2D eigenvalue weighted by Crippen LogP contribution is -2.53. The van der Waals surface area contributed by atoms with Crippen molar-refractivity contribution < 1.29 is 18.0 Å². The van der Waals surface area contributed by atoms with Gasteiger partial charge in [-0.25, -0.2) is 8.42 Å². The molecule has 4 aromatic rings. The SMILES string of the molecule is CCCCNC(=O)[C@H](Cc1ccccc1)N(Cc1c(Cl)cccc1Cl)C(=O)CN(c1ccc(Br)cc1)S(=O)(=O)c1ccccc1. The second-order valence-electron chi connectivity index (χ2n) is 10.4. The number of carbonyl (C=O) groups is 2. The van der Waals surface area contributed by atoms with Crippen LogP contribution in [-0.2, 0) is 32.6 Å². The van der Waals surface area contributed by atoms with Gasteiger partial charge < -0.3 is 10.2 Å². The average molecular weight is 732 g/mol. The third kappa shape index (κ3) is 9.10. The summed E-state index contributed by atoms with van der Waals surface area (Å²) in [7, 11) is -4.19. The largest absolute Gasteiger partial charge is 0.354 e. The lowest BCUT2D eigenvalue weighted by atomic mass is 10.0. The molecule has 7 nitrogen and oxygen atoms in total. The van der Waals surface area contributed by atoms with Crippen molar-refractivity contribution in [2.75, 3.05) is 17.4 Å². The summed E-state index contributed by atoms with van der Waals surface area (Å²) in [6.45, 7) is 1.76. The molecule has 1 atom stereocenters. The molecule has 4 rings (SSSR count). The van der Waals surface area contributed by atoms with Crippen LogP contribution in [0.25, 0.3) is 0 Å². The number of benzene rings is 4. The van der Waals surface area contributed by atoms with Gasteiger partial charge in [0.1, 0.15) is 12.6 Å². The lowest BCUT2D eigenvalue weighted by molar-refractivity contribution is -0.140. The maximum atomic E-state index is 14.5. The molecule has 0 spiro atoms. The molecule has 0 radical (unpaired) electrons. The van der Waals surface area contributed by atoms with Gasteiger partial charge in [0, 0.05) is 39.6 Å². The number of anilines is 1. The Balaban J connectivity index is 1.81. The van der Waals surface area contributed by atoms with Crippen LogP contribution in [0.1, 0.15) is 30.9 Å². The number of halogens is 3. The third-order valence-electron chi connectivity index (χ3n) is 7.22. The van der Waals surface area contributed by atoms with E-state index in [1.165, 1.54) is 17.0 Å². The molecular weight excluding hydrogens is 697 g/mol. The number of nitrogens with one attached hydrogen (secondary N) is 1. The number of sulfonamides is 1. The summed E-state index contributed by atoms with van der Waals surface area (Å²) in [5, 5.41) is 3.62. The highest BCUT2D eigenvalue weighted by Gasteiger charge is 2.35. The minimum atomic E-state index is -4.19. The molecule has 0 unspecified atom stereocenters. The molecule has 0 fully saturated rings. The lowest BCUT2D eigenvalue weighted by Gasteiger charge is -2.34. The van der Waals surface area contributed by atoms with Gasteiger partial charge in [-0.3, -0.25) is 13.9 Å². The van der Waals surface area contributed by atoms with Gasteiger partial charge in [-0.2, -0.15) is 0 Å². The van der Waals surface area contributed by atoms with Gasteiger partial charge >= 0.3 is 0 Å². The van der Waals surface area contributed by atoms with Crippen molar-refractivity contribution in [3.63, 3.8) is 0 Å². The predicted octanol–water partition coefficient (Wildman–Crippen LogP) is 7.51. The van der Waals surface area contributed by atoms with Crippen molar-refractivity contribution in [2.24, 2.45) is 0 Å². The molecule has 4 aromatic carbocycles. The van der Waals surface area contributed by atoms with Gasteiger partial charge in [0.2, 0.25) is 11.8 Å². The third-order valence-corrected chi connectivity index (χ3v) is 10.2. The first-order valence-electron chi connectivity index (χ1n) is 14.5. The Morgan fingerprint density at radius 3 is 2.04 bits per heavy atom. The smallest absolute Gasteiger partial charge is 0.264 e. The van der Waals surface area contributed by atoms with E-state index in [0.717, 1.165) is 27.2 Å². The monoisotopic (exact) mass is 729 g/mol. The molecule has 236 valence electrons. The van der Waals surface area contributed by atoms with E-state index in [1.807, 2.05) is 37.3 Å². The Morgan fingerprint density at radius 2 is 1.44 bits per heavy atom. The van der Waals surface area contributed by atoms with E-state index in [0.29, 0.717) is 22.2 Å². The fraction of sp³-hybridized carbons (Fsp3) is 0.235. The van der Waals surface area contributed by atoms with Crippen molar-refractivity contribution in [2.45, 2.75) is 43.7 Å². The van der Waals surface area contributed by atoms with Crippen molar-refractivity contribution >= 4 is 66.7 Å². The number of nitrogens with zero attached hydrogens (tertiary/aromatic N) is 2. The van der Waals surface area contributed by atoms with Crippen LogP contribution in [0.15, 0.2) is 112 Å². The highest BCUT2D eigenvalue weighted by Crippen LogP contribution is 2.29. The normalized spacial score (nSPS) is 11.9. The van der Waals surface area contributed by atoms with E-state index in [-0.39, 0.29) is 29.5 Å². The fourth-order valence-corrected chi connectivity index (χ4v) is 6.99. The number of hydrogen-bond donors (Lipinski definition) is 1. The summed E-state index contributed by atoms with van der Waals surface area (Å²) >= 11 is 16.5. The van der Waals surface area contributed by atoms with E-state index in [2.05, 4.69) is 21.2 Å². The van der Waals surface area contributed by atoms with Crippen molar-refractivity contribution in [3.8, 4) is 0 Å². The summed E-state index contributed by atoms with van der Waals surface area (Å²) in [6, 6.07) is 27.9. The van der Waals surface area contributed by atoms with Crippen LogP contribution in [0.5, 0.6) is 0 Å². The highest BCUT2D eigenvalue weighted by atomic mass is 79.9. The Hall–Kier alpha value is -3.37. The Kier molecular flexibility index (Phi) is 12.5. The second kappa shape index (κ2) is 16.3. The number of amides is 2. The number of unbranched alkanes of at least 4 members (excludes halogenated alkanes) is 1. The van der Waals surface area contributed by atoms with Crippen molar-refractivity contribution in [1.29, 1.82) is 0 Å². The number of carbonyl (C=O) groups excluding carboxylic acids is 2. The molecule has 2 amide bonds. The van der Waals surface area contributed by atoms with Gasteiger partial charge in [0.15, 0.2) is 0 Å². The van der Waals surface area contributed by atoms with Crippen molar-refractivity contribution in [1.82, 2.24) is 10.2 Å². The van der Waals surface area contributed by atoms with Gasteiger partial charge in [0.05, 0.1) is 10.6 Å². The van der Waals surface area contributed by atoms with Crippen LogP contribution in [0.3, 0.4) is 0 Å². The first kappa shape index (κ1) is 34.5. The molecule has 0 aromatic heterocycles. The van der Waals surface area contributed by atoms with E-state index >= 15 is 0 Å². The average Bonchev–Trinajstić information content (AvgIpc) is 3.04. The topological polar surface area (TPSA) is 86.8 Å². The van der Waals surface area contributed by atoms with Crippen molar-refractivity contribution in [3.05, 3.63) is 129 Å². The highest BCUT2D eigenvalue weighted by molar-refractivity contribution is 9.10. The van der Waals surface area contributed by atoms with Gasteiger partial charge in [-0.05, 0) is 60.5 Å². The van der Waals surface area contributed by atoms with E-state index in [1.54, 1.807) is 60.7 Å². The van der Waals surface area contributed by atoms with E-state index in [9.17, 15) is 18.0 Å². The van der Waals surface area contributed by atoms with Crippen LogP contribution in [0.2, 0.25) is 10.0 Å². The van der Waals surface area contributed by atoms with Gasteiger partial charge in [0.25, 0.3) is 10.0 Å². The van der Waals surface area contributed by atoms with Crippen LogP contribution < -0.4 is 9.62 Å². The first-order valence-corrected chi connectivity index (χ1v) is 17.5. The Morgan fingerprint density at radius 1 is 0.844 bits per heavy atom. The first-order chi connectivity index (χ1) is 21.6. The maximum Gasteiger partial charge on any atom is 0.264 e. The van der Waals surface area contributed by atoms with Crippen LogP contribution in [0, 0.1) is 0 Å². The molecule has 1 N–H and O–H groups in total. The summed E-state index contributed by atoms with van der Waals surface area (Å²) in [6.07, 6.45) is 1.83. The molecule has 0 saturated carbocycles.